The molecule has 1 saturated heterocycles. The highest BCUT2D eigenvalue weighted by molar-refractivity contribution is 4.99. The fourth-order valence-electron chi connectivity index (χ4n) is 3.38. The van der Waals surface area contributed by atoms with Crippen LogP contribution in [0.15, 0.2) is 0 Å². The third-order valence-corrected chi connectivity index (χ3v) is 4.10. The van der Waals surface area contributed by atoms with E-state index in [1.165, 1.54) is 12.8 Å². The highest BCUT2D eigenvalue weighted by Gasteiger charge is 2.37. The zero-order valence-electron chi connectivity index (χ0n) is 13.1. The summed E-state index contributed by atoms with van der Waals surface area (Å²) in [7, 11) is 0. The van der Waals surface area contributed by atoms with Gasteiger partial charge < -0.3 is 16.4 Å². The van der Waals surface area contributed by atoms with E-state index in [0.29, 0.717) is 17.9 Å². The smallest absolute Gasteiger partial charge is 0.0144 e. The normalized spacial score (nSPS) is 25.3. The van der Waals surface area contributed by atoms with Crippen LogP contribution in [0, 0.1) is 11.8 Å². The summed E-state index contributed by atoms with van der Waals surface area (Å²) >= 11 is 0. The first kappa shape index (κ1) is 15.9. The number of hydrogen-bond acceptors (Lipinski definition) is 3. The van der Waals surface area contributed by atoms with Gasteiger partial charge in [-0.1, -0.05) is 13.8 Å². The van der Waals surface area contributed by atoms with Crippen LogP contribution in [-0.4, -0.2) is 30.2 Å². The van der Waals surface area contributed by atoms with E-state index in [1.807, 2.05) is 0 Å². The molecule has 1 aliphatic rings. The Morgan fingerprint density at radius 2 is 1.67 bits per heavy atom. The molecule has 1 atom stereocenters. The fraction of sp³-hybridized carbons (Fsp3) is 1.00. The van der Waals surface area contributed by atoms with E-state index in [4.69, 9.17) is 5.73 Å². The predicted octanol–water partition coefficient (Wildman–Crippen LogP) is 2.12. The van der Waals surface area contributed by atoms with Crippen LogP contribution in [0.1, 0.15) is 54.4 Å². The van der Waals surface area contributed by atoms with E-state index in [-0.39, 0.29) is 11.1 Å². The third-order valence-electron chi connectivity index (χ3n) is 4.10. The van der Waals surface area contributed by atoms with Crippen LogP contribution in [0.2, 0.25) is 0 Å². The second-order valence-electron chi connectivity index (χ2n) is 7.65. The van der Waals surface area contributed by atoms with E-state index in [0.717, 1.165) is 13.1 Å². The molecule has 1 aliphatic heterocycles. The van der Waals surface area contributed by atoms with Crippen molar-refractivity contribution in [3.63, 3.8) is 0 Å². The summed E-state index contributed by atoms with van der Waals surface area (Å²) in [6.45, 7) is 15.5. The summed E-state index contributed by atoms with van der Waals surface area (Å²) < 4.78 is 0. The first-order valence-corrected chi connectivity index (χ1v) is 7.38. The van der Waals surface area contributed by atoms with Gasteiger partial charge in [-0.2, -0.15) is 0 Å². The predicted molar refractivity (Wildman–Crippen MR) is 79.7 cm³/mol. The van der Waals surface area contributed by atoms with E-state index < -0.39 is 0 Å². The molecule has 0 aromatic rings. The Morgan fingerprint density at radius 3 is 2.06 bits per heavy atom. The van der Waals surface area contributed by atoms with Gasteiger partial charge in [-0.15, -0.1) is 0 Å². The summed E-state index contributed by atoms with van der Waals surface area (Å²) in [6, 6.07) is 0.601. The van der Waals surface area contributed by atoms with Gasteiger partial charge in [0.25, 0.3) is 0 Å². The largest absolute Gasteiger partial charge is 0.330 e. The molecule has 1 heterocycles. The summed E-state index contributed by atoms with van der Waals surface area (Å²) in [5, 5.41) is 7.47. The maximum Gasteiger partial charge on any atom is 0.0144 e. The SMILES string of the molecule is CC(C)C(CN)CNC1CC(C)(C)NC(C)(C)C1. The Bertz CT molecular complexity index is 242. The van der Waals surface area contributed by atoms with Crippen molar-refractivity contribution < 1.29 is 0 Å². The number of nitrogens with two attached hydrogens (primary N) is 1. The van der Waals surface area contributed by atoms with Gasteiger partial charge in [-0.05, 0) is 65.5 Å². The minimum absolute atomic E-state index is 0.218. The lowest BCUT2D eigenvalue weighted by molar-refractivity contribution is 0.142. The molecule has 0 aliphatic carbocycles. The summed E-state index contributed by atoms with van der Waals surface area (Å²) in [4.78, 5) is 0. The molecule has 0 amide bonds. The zero-order chi connectivity index (χ0) is 14.0. The second-order valence-corrected chi connectivity index (χ2v) is 7.65. The van der Waals surface area contributed by atoms with Crippen molar-refractivity contribution in [1.82, 2.24) is 10.6 Å². The molecule has 1 rings (SSSR count). The minimum atomic E-state index is 0.218. The van der Waals surface area contributed by atoms with Gasteiger partial charge in [0.1, 0.15) is 0 Å². The molecule has 3 nitrogen and oxygen atoms in total. The summed E-state index contributed by atoms with van der Waals surface area (Å²) in [5.41, 5.74) is 6.28. The molecule has 0 aromatic carbocycles. The van der Waals surface area contributed by atoms with Crippen molar-refractivity contribution in [3.05, 3.63) is 0 Å². The second kappa shape index (κ2) is 5.89. The maximum absolute atomic E-state index is 5.84. The lowest BCUT2D eigenvalue weighted by atomic mass is 9.79. The van der Waals surface area contributed by atoms with Crippen LogP contribution >= 0.6 is 0 Å². The average molecular weight is 255 g/mol. The van der Waals surface area contributed by atoms with Crippen molar-refractivity contribution in [2.24, 2.45) is 17.6 Å². The van der Waals surface area contributed by atoms with Crippen molar-refractivity contribution in [1.29, 1.82) is 0 Å². The molecule has 0 spiro atoms. The van der Waals surface area contributed by atoms with E-state index in [2.05, 4.69) is 52.2 Å². The lowest BCUT2D eigenvalue weighted by Crippen LogP contribution is -2.62. The fourth-order valence-corrected chi connectivity index (χ4v) is 3.38. The molecule has 1 unspecified atom stereocenters. The first-order chi connectivity index (χ1) is 8.15. The number of rotatable bonds is 5. The van der Waals surface area contributed by atoms with Crippen molar-refractivity contribution >= 4 is 0 Å². The van der Waals surface area contributed by atoms with E-state index in [1.54, 1.807) is 0 Å². The van der Waals surface area contributed by atoms with Crippen molar-refractivity contribution in [3.8, 4) is 0 Å². The molecule has 108 valence electrons. The van der Waals surface area contributed by atoms with Crippen LogP contribution in [0.5, 0.6) is 0 Å². The van der Waals surface area contributed by atoms with E-state index >= 15 is 0 Å². The number of piperidine rings is 1. The summed E-state index contributed by atoms with van der Waals surface area (Å²) in [5.74, 6) is 1.25. The molecular weight excluding hydrogens is 222 g/mol. The van der Waals surface area contributed by atoms with Crippen LogP contribution < -0.4 is 16.4 Å². The summed E-state index contributed by atoms with van der Waals surface area (Å²) in [6.07, 6.45) is 2.37. The Labute approximate surface area is 113 Å². The molecule has 1 fully saturated rings. The quantitative estimate of drug-likeness (QED) is 0.705. The maximum atomic E-state index is 5.84. The van der Waals surface area contributed by atoms with Gasteiger partial charge in [0.05, 0.1) is 0 Å². The molecule has 0 saturated carbocycles. The van der Waals surface area contributed by atoms with Gasteiger partial charge in [0.15, 0.2) is 0 Å². The molecular formula is C15H33N3. The van der Waals surface area contributed by atoms with E-state index in [9.17, 15) is 0 Å². The molecule has 4 N–H and O–H groups in total. The van der Waals surface area contributed by atoms with Gasteiger partial charge in [0.2, 0.25) is 0 Å². The third kappa shape index (κ3) is 4.87. The number of nitrogens with one attached hydrogen (secondary N) is 2. The van der Waals surface area contributed by atoms with Gasteiger partial charge >= 0.3 is 0 Å². The van der Waals surface area contributed by atoms with Gasteiger partial charge in [-0.25, -0.2) is 0 Å². The monoisotopic (exact) mass is 255 g/mol. The van der Waals surface area contributed by atoms with Crippen LogP contribution in [0.4, 0.5) is 0 Å². The minimum Gasteiger partial charge on any atom is -0.330 e. The molecule has 0 aromatic heterocycles. The van der Waals surface area contributed by atoms with Gasteiger partial charge in [0, 0.05) is 17.1 Å². The van der Waals surface area contributed by atoms with Gasteiger partial charge in [-0.3, -0.25) is 0 Å². The highest BCUT2D eigenvalue weighted by atomic mass is 15.1. The Kier molecular flexibility index (Phi) is 5.22. The Hall–Kier alpha value is -0.120. The molecule has 3 heteroatoms. The molecule has 0 radical (unpaired) electrons. The topological polar surface area (TPSA) is 50.1 Å². The average Bonchev–Trinajstić information content (AvgIpc) is 2.12. The van der Waals surface area contributed by atoms with Crippen molar-refractivity contribution in [2.45, 2.75) is 71.5 Å². The molecule has 0 bridgehead atoms. The highest BCUT2D eigenvalue weighted by Crippen LogP contribution is 2.28. The van der Waals surface area contributed by atoms with Crippen LogP contribution in [-0.2, 0) is 0 Å². The zero-order valence-corrected chi connectivity index (χ0v) is 13.1. The standard InChI is InChI=1S/C15H33N3/c1-11(2)12(9-16)10-17-13-7-14(3,4)18-15(5,6)8-13/h11-13,17-18H,7-10,16H2,1-6H3. The van der Waals surface area contributed by atoms with Crippen LogP contribution in [0.3, 0.4) is 0 Å². The molecule has 18 heavy (non-hydrogen) atoms. The first-order valence-electron chi connectivity index (χ1n) is 7.38. The lowest BCUT2D eigenvalue weighted by Gasteiger charge is -2.47. The number of hydrogen-bond donors (Lipinski definition) is 3. The van der Waals surface area contributed by atoms with Crippen molar-refractivity contribution in [2.75, 3.05) is 13.1 Å². The Balaban J connectivity index is 2.51. The Morgan fingerprint density at radius 1 is 1.17 bits per heavy atom. The van der Waals surface area contributed by atoms with Crippen LogP contribution in [0.25, 0.3) is 0 Å².